The molecule has 1 N–H and O–H groups in total. The third kappa shape index (κ3) is 3.04. The van der Waals surface area contributed by atoms with Gasteiger partial charge in [-0.15, -0.1) is 0 Å². The standard InChI is InChI=1S/C30H31N3O/c1-2-33-26-6-4-3-5-24(26)25-15-23(7-8-27(25)33)32-29(34)22-9-10-31-28(14-22)30-16-19-11-20(17-30)13-21(12-19)18-30/h3-10,14-15,19-21H,2,11-13,16-18H2,1H3,(H,32,34). The van der Waals surface area contributed by atoms with E-state index >= 15 is 0 Å². The topological polar surface area (TPSA) is 46.9 Å². The summed E-state index contributed by atoms with van der Waals surface area (Å²) in [6.45, 7) is 3.09. The quantitative estimate of drug-likeness (QED) is 0.367. The highest BCUT2D eigenvalue weighted by Crippen LogP contribution is 2.60. The smallest absolute Gasteiger partial charge is 0.255 e. The lowest BCUT2D eigenvalue weighted by Crippen LogP contribution is -2.49. The Hall–Kier alpha value is -3.14. The molecule has 8 rings (SSSR count). The summed E-state index contributed by atoms with van der Waals surface area (Å²) in [5, 5.41) is 5.57. The first-order valence-electron chi connectivity index (χ1n) is 12.9. The number of carbonyl (C=O) groups is 1. The van der Waals surface area contributed by atoms with Crippen LogP contribution in [0.25, 0.3) is 21.8 Å². The maximum Gasteiger partial charge on any atom is 0.255 e. The zero-order valence-electron chi connectivity index (χ0n) is 19.8. The number of fused-ring (bicyclic) bond motifs is 3. The van der Waals surface area contributed by atoms with Crippen LogP contribution in [0, 0.1) is 17.8 Å². The van der Waals surface area contributed by atoms with E-state index in [-0.39, 0.29) is 11.3 Å². The Morgan fingerprint density at radius 2 is 1.65 bits per heavy atom. The number of nitrogens with zero attached hydrogens (tertiary/aromatic N) is 2. The van der Waals surface area contributed by atoms with Crippen molar-refractivity contribution in [1.29, 1.82) is 0 Å². The second-order valence-corrected chi connectivity index (χ2v) is 11.1. The summed E-state index contributed by atoms with van der Waals surface area (Å²) in [4.78, 5) is 18.1. The van der Waals surface area contributed by atoms with Gasteiger partial charge in [0.1, 0.15) is 0 Å². The lowest BCUT2D eigenvalue weighted by Gasteiger charge is -2.56. The van der Waals surface area contributed by atoms with Crippen molar-refractivity contribution in [3.05, 3.63) is 72.1 Å². The van der Waals surface area contributed by atoms with Gasteiger partial charge in [-0.25, -0.2) is 0 Å². The van der Waals surface area contributed by atoms with Crippen LogP contribution in [0.2, 0.25) is 0 Å². The van der Waals surface area contributed by atoms with Gasteiger partial charge in [0.05, 0.1) is 0 Å². The van der Waals surface area contributed by atoms with Crippen LogP contribution in [0.5, 0.6) is 0 Å². The molecule has 0 saturated heterocycles. The van der Waals surface area contributed by atoms with Crippen LogP contribution < -0.4 is 5.32 Å². The van der Waals surface area contributed by atoms with E-state index in [0.717, 1.165) is 41.2 Å². The van der Waals surface area contributed by atoms with Crippen molar-refractivity contribution < 1.29 is 4.79 Å². The molecule has 4 heteroatoms. The second-order valence-electron chi connectivity index (χ2n) is 11.1. The van der Waals surface area contributed by atoms with E-state index in [1.807, 2.05) is 18.3 Å². The lowest BCUT2D eigenvalue weighted by molar-refractivity contribution is -0.00721. The van der Waals surface area contributed by atoms with Crippen LogP contribution in [0.3, 0.4) is 0 Å². The molecule has 4 aliphatic carbocycles. The summed E-state index contributed by atoms with van der Waals surface area (Å²) in [6, 6.07) is 18.7. The molecule has 1 amide bonds. The first-order chi connectivity index (χ1) is 16.6. The maximum atomic E-state index is 13.3. The zero-order chi connectivity index (χ0) is 22.9. The highest BCUT2D eigenvalue weighted by atomic mass is 16.1. The van der Waals surface area contributed by atoms with Gasteiger partial charge in [-0.3, -0.25) is 9.78 Å². The highest BCUT2D eigenvalue weighted by Gasteiger charge is 2.52. The van der Waals surface area contributed by atoms with Crippen molar-refractivity contribution in [1.82, 2.24) is 9.55 Å². The summed E-state index contributed by atoms with van der Waals surface area (Å²) >= 11 is 0. The molecule has 2 heterocycles. The molecule has 34 heavy (non-hydrogen) atoms. The minimum absolute atomic E-state index is 0.0491. The average Bonchev–Trinajstić information content (AvgIpc) is 3.16. The number of rotatable bonds is 4. The van der Waals surface area contributed by atoms with E-state index in [9.17, 15) is 4.79 Å². The molecule has 0 radical (unpaired) electrons. The molecule has 0 atom stereocenters. The van der Waals surface area contributed by atoms with E-state index in [1.165, 1.54) is 60.3 Å². The summed E-state index contributed by atoms with van der Waals surface area (Å²) in [5.74, 6) is 2.54. The van der Waals surface area contributed by atoms with Gasteiger partial charge in [0.25, 0.3) is 5.91 Å². The number of para-hydroxylation sites is 1. The molecule has 2 aromatic carbocycles. The molecule has 4 fully saturated rings. The third-order valence-electron chi connectivity index (χ3n) is 8.95. The van der Waals surface area contributed by atoms with Crippen molar-refractivity contribution in [2.24, 2.45) is 17.8 Å². The number of carbonyl (C=O) groups excluding carboxylic acids is 1. The minimum atomic E-state index is -0.0491. The molecule has 4 nitrogen and oxygen atoms in total. The van der Waals surface area contributed by atoms with Crippen molar-refractivity contribution in [2.75, 3.05) is 5.32 Å². The Morgan fingerprint density at radius 1 is 0.941 bits per heavy atom. The summed E-state index contributed by atoms with van der Waals surface area (Å²) in [7, 11) is 0. The summed E-state index contributed by atoms with van der Waals surface area (Å²) < 4.78 is 2.33. The normalized spacial score (nSPS) is 27.5. The summed E-state index contributed by atoms with van der Waals surface area (Å²) in [6.07, 6.45) is 9.86. The van der Waals surface area contributed by atoms with Gasteiger partial charge >= 0.3 is 0 Å². The Balaban J connectivity index is 1.20. The number of benzene rings is 2. The zero-order valence-corrected chi connectivity index (χ0v) is 19.8. The van der Waals surface area contributed by atoms with Crippen molar-refractivity contribution in [3.8, 4) is 0 Å². The highest BCUT2D eigenvalue weighted by molar-refractivity contribution is 6.11. The van der Waals surface area contributed by atoms with Gasteiger partial charge in [0, 0.05) is 56.9 Å². The molecule has 2 aromatic heterocycles. The van der Waals surface area contributed by atoms with Crippen molar-refractivity contribution >= 4 is 33.4 Å². The lowest BCUT2D eigenvalue weighted by atomic mass is 9.48. The van der Waals surface area contributed by atoms with Gasteiger partial charge in [-0.1, -0.05) is 18.2 Å². The van der Waals surface area contributed by atoms with Gasteiger partial charge < -0.3 is 9.88 Å². The number of aryl methyl sites for hydroxylation is 1. The van der Waals surface area contributed by atoms with Crippen LogP contribution in [0.4, 0.5) is 5.69 Å². The molecule has 4 aliphatic rings. The number of amides is 1. The van der Waals surface area contributed by atoms with Crippen LogP contribution in [-0.2, 0) is 12.0 Å². The fourth-order valence-corrected chi connectivity index (χ4v) is 7.96. The number of pyridine rings is 1. The van der Waals surface area contributed by atoms with E-state index in [0.29, 0.717) is 0 Å². The average molecular weight is 450 g/mol. The fourth-order valence-electron chi connectivity index (χ4n) is 7.96. The predicted octanol–water partition coefficient (Wildman–Crippen LogP) is 6.93. The van der Waals surface area contributed by atoms with E-state index in [1.54, 1.807) is 0 Å². The number of hydrogen-bond acceptors (Lipinski definition) is 2. The molecule has 4 saturated carbocycles. The third-order valence-corrected chi connectivity index (χ3v) is 8.95. The monoisotopic (exact) mass is 449 g/mol. The van der Waals surface area contributed by atoms with E-state index in [2.05, 4.69) is 59.3 Å². The molecule has 4 bridgehead atoms. The molecular formula is C30H31N3O. The molecule has 172 valence electrons. The van der Waals surface area contributed by atoms with E-state index in [4.69, 9.17) is 4.98 Å². The first-order valence-corrected chi connectivity index (χ1v) is 12.9. The molecule has 0 unspecified atom stereocenters. The minimum Gasteiger partial charge on any atom is -0.341 e. The van der Waals surface area contributed by atoms with Gasteiger partial charge in [-0.2, -0.15) is 0 Å². The largest absolute Gasteiger partial charge is 0.341 e. The molecule has 0 spiro atoms. The summed E-state index contributed by atoms with van der Waals surface area (Å²) in [5.41, 5.74) is 5.35. The maximum absolute atomic E-state index is 13.3. The number of hydrogen-bond donors (Lipinski definition) is 1. The Labute approximate surface area is 200 Å². The SMILES string of the molecule is CCn1c2ccccc2c2cc(NC(=O)c3ccnc(C45CC6CC(CC(C6)C4)C5)c3)ccc21. The molecular weight excluding hydrogens is 418 g/mol. The number of anilines is 1. The molecule has 4 aromatic rings. The van der Waals surface area contributed by atoms with Crippen LogP contribution in [0.1, 0.15) is 61.5 Å². The van der Waals surface area contributed by atoms with Crippen LogP contribution >= 0.6 is 0 Å². The second kappa shape index (κ2) is 7.43. The predicted molar refractivity (Wildman–Crippen MR) is 137 cm³/mol. The first kappa shape index (κ1) is 20.3. The fraction of sp³-hybridized carbons (Fsp3) is 0.400. The number of aromatic nitrogens is 2. The van der Waals surface area contributed by atoms with Crippen LogP contribution in [-0.4, -0.2) is 15.5 Å². The van der Waals surface area contributed by atoms with Gasteiger partial charge in [-0.05, 0) is 99.6 Å². The van der Waals surface area contributed by atoms with Crippen LogP contribution in [0.15, 0.2) is 60.8 Å². The molecule has 0 aliphatic heterocycles. The Kier molecular flexibility index (Phi) is 4.42. The Morgan fingerprint density at radius 3 is 2.38 bits per heavy atom. The number of nitrogens with one attached hydrogen (secondary N) is 1. The van der Waals surface area contributed by atoms with Crippen molar-refractivity contribution in [2.45, 2.75) is 57.4 Å². The van der Waals surface area contributed by atoms with E-state index < -0.39 is 0 Å². The van der Waals surface area contributed by atoms with Gasteiger partial charge in [0.15, 0.2) is 0 Å². The van der Waals surface area contributed by atoms with Gasteiger partial charge in [0.2, 0.25) is 0 Å². The Bertz CT molecular complexity index is 1400. The van der Waals surface area contributed by atoms with Crippen molar-refractivity contribution in [3.63, 3.8) is 0 Å².